The molecule has 0 spiro atoms. The maximum atomic E-state index is 11.7. The van der Waals surface area contributed by atoms with Crippen molar-refractivity contribution in [2.24, 2.45) is 0 Å². The number of ether oxygens (including phenoxy) is 2. The van der Waals surface area contributed by atoms with E-state index in [0.717, 1.165) is 12.8 Å². The van der Waals surface area contributed by atoms with Gasteiger partial charge in [0.2, 0.25) is 6.29 Å². The molecule has 19 heavy (non-hydrogen) atoms. The molecule has 0 aromatic heterocycles. The lowest BCUT2D eigenvalue weighted by molar-refractivity contribution is -0.188. The molecule has 0 aromatic rings. The van der Waals surface area contributed by atoms with Crippen molar-refractivity contribution in [2.45, 2.75) is 69.7 Å². The van der Waals surface area contributed by atoms with Crippen LogP contribution in [0.3, 0.4) is 0 Å². The first-order valence-electron chi connectivity index (χ1n) is 6.73. The second-order valence-corrected chi connectivity index (χ2v) is 5.54. The van der Waals surface area contributed by atoms with E-state index < -0.39 is 28.7 Å². The highest BCUT2D eigenvalue weighted by molar-refractivity contribution is 7.82. The van der Waals surface area contributed by atoms with Gasteiger partial charge in [-0.2, -0.15) is 25.3 Å². The monoisotopic (exact) mass is 308 g/mol. The summed E-state index contributed by atoms with van der Waals surface area (Å²) in [5.74, 6) is -0.904. The second kappa shape index (κ2) is 10.4. The first-order chi connectivity index (χ1) is 8.96. The van der Waals surface area contributed by atoms with Crippen molar-refractivity contribution in [3.05, 3.63) is 0 Å². The molecule has 0 aromatic carbocycles. The molecule has 0 saturated heterocycles. The summed E-state index contributed by atoms with van der Waals surface area (Å²) in [6.45, 7) is 5.70. The summed E-state index contributed by atoms with van der Waals surface area (Å²) in [7, 11) is 0. The van der Waals surface area contributed by atoms with Crippen LogP contribution in [0.15, 0.2) is 0 Å². The molecule has 0 heterocycles. The summed E-state index contributed by atoms with van der Waals surface area (Å²) >= 11 is 8.22. The fourth-order valence-corrected chi connectivity index (χ4v) is 1.38. The number of carbonyl (C=O) groups is 2. The first-order valence-corrected chi connectivity index (χ1v) is 7.76. The van der Waals surface area contributed by atoms with Gasteiger partial charge in [-0.05, 0) is 19.3 Å². The molecule has 0 aliphatic rings. The molecular weight excluding hydrogens is 284 g/mol. The van der Waals surface area contributed by atoms with Crippen LogP contribution in [0, 0.1) is 0 Å². The Morgan fingerprint density at radius 2 is 1.37 bits per heavy atom. The smallest absolute Gasteiger partial charge is 0.321 e. The number of unbranched alkanes of at least 4 members (excludes halogenated alkanes) is 1. The van der Waals surface area contributed by atoms with Crippen LogP contribution in [0.5, 0.6) is 0 Å². The average Bonchev–Trinajstić information content (AvgIpc) is 2.42. The Hall–Kier alpha value is -0.360. The molecule has 2 atom stereocenters. The Balaban J connectivity index is 4.45. The molecule has 0 amide bonds. The highest BCUT2D eigenvalue weighted by Gasteiger charge is 2.24. The van der Waals surface area contributed by atoms with E-state index in [-0.39, 0.29) is 0 Å². The molecule has 0 N–H and O–H groups in total. The van der Waals surface area contributed by atoms with Crippen molar-refractivity contribution in [1.29, 1.82) is 0 Å². The third kappa shape index (κ3) is 7.72. The Labute approximate surface area is 126 Å². The lowest BCUT2D eigenvalue weighted by Gasteiger charge is -2.21. The molecule has 0 aliphatic heterocycles. The molecule has 4 nitrogen and oxygen atoms in total. The SMILES string of the molecule is CCCCC(OC(=O)C(S)CC)OC(=O)C(S)CC. The Morgan fingerprint density at radius 1 is 0.947 bits per heavy atom. The molecule has 2 unspecified atom stereocenters. The number of rotatable bonds is 9. The summed E-state index contributed by atoms with van der Waals surface area (Å²) in [6.07, 6.45) is 2.56. The van der Waals surface area contributed by atoms with Gasteiger partial charge in [0.15, 0.2) is 0 Å². The van der Waals surface area contributed by atoms with E-state index >= 15 is 0 Å². The fourth-order valence-electron chi connectivity index (χ4n) is 1.26. The van der Waals surface area contributed by atoms with Crippen LogP contribution >= 0.6 is 25.3 Å². The zero-order valence-corrected chi connectivity index (χ0v) is 13.6. The van der Waals surface area contributed by atoms with Crippen LogP contribution in [0.1, 0.15) is 52.9 Å². The van der Waals surface area contributed by atoms with Crippen molar-refractivity contribution < 1.29 is 19.1 Å². The van der Waals surface area contributed by atoms with Gasteiger partial charge in [-0.25, -0.2) is 0 Å². The zero-order chi connectivity index (χ0) is 14.8. The van der Waals surface area contributed by atoms with Crippen molar-refractivity contribution >= 4 is 37.2 Å². The largest absolute Gasteiger partial charge is 0.424 e. The highest BCUT2D eigenvalue weighted by atomic mass is 32.1. The topological polar surface area (TPSA) is 52.6 Å². The van der Waals surface area contributed by atoms with Gasteiger partial charge in [-0.15, -0.1) is 0 Å². The van der Waals surface area contributed by atoms with E-state index in [0.29, 0.717) is 19.3 Å². The molecule has 0 aliphatic carbocycles. The third-order valence-corrected chi connectivity index (χ3v) is 3.76. The highest BCUT2D eigenvalue weighted by Crippen LogP contribution is 2.14. The predicted octanol–water partition coefficient (Wildman–Crippen LogP) is 3.01. The molecule has 0 rings (SSSR count). The molecular formula is C13H24O4S2. The predicted molar refractivity (Wildman–Crippen MR) is 81.6 cm³/mol. The minimum atomic E-state index is -0.831. The van der Waals surface area contributed by atoms with Gasteiger partial charge in [0.05, 0.1) is 10.5 Å². The lowest BCUT2D eigenvalue weighted by Crippen LogP contribution is -2.31. The summed E-state index contributed by atoms with van der Waals surface area (Å²) < 4.78 is 10.4. The minimum Gasteiger partial charge on any atom is -0.424 e. The van der Waals surface area contributed by atoms with E-state index in [1.165, 1.54) is 0 Å². The van der Waals surface area contributed by atoms with Gasteiger partial charge in [0.25, 0.3) is 0 Å². The van der Waals surface area contributed by atoms with E-state index in [9.17, 15) is 9.59 Å². The summed E-state index contributed by atoms with van der Waals surface area (Å²) in [6, 6.07) is 0. The lowest BCUT2D eigenvalue weighted by atomic mass is 10.2. The summed E-state index contributed by atoms with van der Waals surface area (Å²) in [5, 5.41) is -0.971. The summed E-state index contributed by atoms with van der Waals surface area (Å²) in [4.78, 5) is 23.3. The normalized spacial score (nSPS) is 15.4. The minimum absolute atomic E-state index is 0.452. The van der Waals surface area contributed by atoms with Gasteiger partial charge >= 0.3 is 11.9 Å². The molecule has 6 heteroatoms. The molecule has 0 bridgehead atoms. The fraction of sp³-hybridized carbons (Fsp3) is 0.846. The average molecular weight is 308 g/mol. The Morgan fingerprint density at radius 3 is 1.68 bits per heavy atom. The van der Waals surface area contributed by atoms with Gasteiger partial charge in [-0.3, -0.25) is 9.59 Å². The molecule has 112 valence electrons. The van der Waals surface area contributed by atoms with Crippen LogP contribution in [0.25, 0.3) is 0 Å². The zero-order valence-electron chi connectivity index (χ0n) is 11.8. The van der Waals surface area contributed by atoms with Crippen LogP contribution in [0.4, 0.5) is 0 Å². The molecule has 0 radical (unpaired) electrons. The third-order valence-electron chi connectivity index (χ3n) is 2.61. The number of hydrogen-bond donors (Lipinski definition) is 2. The van der Waals surface area contributed by atoms with E-state index in [4.69, 9.17) is 9.47 Å². The molecule has 0 saturated carbocycles. The quantitative estimate of drug-likeness (QED) is 0.390. The summed E-state index contributed by atoms with van der Waals surface area (Å²) in [5.41, 5.74) is 0. The number of hydrogen-bond acceptors (Lipinski definition) is 6. The molecule has 0 fully saturated rings. The maximum Gasteiger partial charge on any atom is 0.321 e. The van der Waals surface area contributed by atoms with Crippen LogP contribution in [-0.2, 0) is 19.1 Å². The van der Waals surface area contributed by atoms with Crippen LogP contribution < -0.4 is 0 Å². The van der Waals surface area contributed by atoms with E-state index in [1.54, 1.807) is 0 Å². The maximum absolute atomic E-state index is 11.7. The number of thiol groups is 2. The van der Waals surface area contributed by atoms with E-state index in [2.05, 4.69) is 25.3 Å². The standard InChI is InChI=1S/C13H24O4S2/c1-4-7-8-11(16-12(14)9(18)5-2)17-13(15)10(19)6-3/h9-11,18-19H,4-8H2,1-3H3. The van der Waals surface area contributed by atoms with Crippen molar-refractivity contribution in [3.63, 3.8) is 0 Å². The van der Waals surface area contributed by atoms with E-state index in [1.807, 2.05) is 20.8 Å². The van der Waals surface area contributed by atoms with Crippen LogP contribution in [0.2, 0.25) is 0 Å². The van der Waals surface area contributed by atoms with Gasteiger partial charge < -0.3 is 9.47 Å². The van der Waals surface area contributed by atoms with Gasteiger partial charge in [0.1, 0.15) is 0 Å². The van der Waals surface area contributed by atoms with Crippen molar-refractivity contribution in [1.82, 2.24) is 0 Å². The van der Waals surface area contributed by atoms with Crippen LogP contribution in [-0.4, -0.2) is 28.7 Å². The first kappa shape index (κ1) is 18.6. The van der Waals surface area contributed by atoms with Gasteiger partial charge in [-0.1, -0.05) is 27.2 Å². The van der Waals surface area contributed by atoms with Crippen molar-refractivity contribution in [3.8, 4) is 0 Å². The number of esters is 2. The second-order valence-electron chi connectivity index (χ2n) is 4.29. The van der Waals surface area contributed by atoms with Crippen molar-refractivity contribution in [2.75, 3.05) is 0 Å². The van der Waals surface area contributed by atoms with Gasteiger partial charge in [0, 0.05) is 6.42 Å². The Bertz CT molecular complexity index is 260. The Kier molecular flexibility index (Phi) is 10.2. The number of carbonyl (C=O) groups excluding carboxylic acids is 2.